The number of pyridine rings is 1. The van der Waals surface area contributed by atoms with Crippen LogP contribution >= 0.6 is 0 Å². The number of rotatable bonds is 3. The lowest BCUT2D eigenvalue weighted by molar-refractivity contribution is -0.274. The van der Waals surface area contributed by atoms with Crippen molar-refractivity contribution in [2.45, 2.75) is 45.3 Å². The van der Waals surface area contributed by atoms with E-state index in [0.717, 1.165) is 11.0 Å². The molecule has 0 N–H and O–H groups in total. The lowest BCUT2D eigenvalue weighted by Crippen LogP contribution is -2.41. The zero-order valence-corrected chi connectivity index (χ0v) is 16.4. The number of ether oxygens (including phenoxy) is 1. The second-order valence-corrected chi connectivity index (χ2v) is 8.03. The topological polar surface area (TPSA) is 45.0 Å². The molecule has 0 radical (unpaired) electrons. The van der Waals surface area contributed by atoms with Gasteiger partial charge in [-0.05, 0) is 52.0 Å². The van der Waals surface area contributed by atoms with E-state index in [-0.39, 0.29) is 5.75 Å². The number of benzene rings is 1. The molecule has 0 amide bonds. The van der Waals surface area contributed by atoms with Crippen LogP contribution in [0.25, 0.3) is 16.8 Å². The fourth-order valence-corrected chi connectivity index (χ4v) is 3.11. The normalized spacial score (nSPS) is 18.4. The van der Waals surface area contributed by atoms with Crippen LogP contribution in [0.15, 0.2) is 48.7 Å². The van der Waals surface area contributed by atoms with Crippen molar-refractivity contribution >= 4 is 18.1 Å². The van der Waals surface area contributed by atoms with Gasteiger partial charge in [0.2, 0.25) is 0 Å². The van der Waals surface area contributed by atoms with Gasteiger partial charge in [0.1, 0.15) is 5.75 Å². The summed E-state index contributed by atoms with van der Waals surface area (Å²) in [7, 11) is -0.527. The highest BCUT2D eigenvalue weighted by Gasteiger charge is 2.51. The highest BCUT2D eigenvalue weighted by Crippen LogP contribution is 2.36. The van der Waals surface area contributed by atoms with E-state index >= 15 is 0 Å². The van der Waals surface area contributed by atoms with Crippen LogP contribution in [0.4, 0.5) is 13.2 Å². The van der Waals surface area contributed by atoms with Crippen molar-refractivity contribution in [2.24, 2.45) is 0 Å². The van der Waals surface area contributed by atoms with Crippen LogP contribution in [0.1, 0.15) is 27.7 Å². The second kappa shape index (κ2) is 6.50. The predicted octanol–water partition coefficient (Wildman–Crippen LogP) is 4.20. The molecule has 9 heteroatoms. The standard InChI is InChI=1S/C20H20BF3N2O3/c1-18(2)19(3,4)29-21(28-18)14-8-9-15-11-17(25-26(15)12-14)13-6-5-7-16(10-13)27-20(22,23)24/h5-12H,1-4H3. The highest BCUT2D eigenvalue weighted by molar-refractivity contribution is 6.62. The summed E-state index contributed by atoms with van der Waals surface area (Å²) < 4.78 is 55.2. The molecule has 1 aromatic carbocycles. The molecular formula is C20H20BF3N2O3. The van der Waals surface area contributed by atoms with Gasteiger partial charge in [0.25, 0.3) is 0 Å². The lowest BCUT2D eigenvalue weighted by atomic mass is 9.80. The quantitative estimate of drug-likeness (QED) is 0.614. The molecule has 0 saturated carbocycles. The second-order valence-electron chi connectivity index (χ2n) is 8.03. The van der Waals surface area contributed by atoms with Gasteiger partial charge in [-0.25, -0.2) is 4.52 Å². The van der Waals surface area contributed by atoms with E-state index in [1.807, 2.05) is 39.8 Å². The Morgan fingerprint density at radius 3 is 2.34 bits per heavy atom. The third-order valence-corrected chi connectivity index (χ3v) is 5.37. The first-order chi connectivity index (χ1) is 13.4. The van der Waals surface area contributed by atoms with Gasteiger partial charge >= 0.3 is 13.5 Å². The molecule has 1 fully saturated rings. The summed E-state index contributed by atoms with van der Waals surface area (Å²) >= 11 is 0. The predicted molar refractivity (Wildman–Crippen MR) is 103 cm³/mol. The van der Waals surface area contributed by atoms with Crippen LogP contribution in [0.5, 0.6) is 5.75 Å². The minimum atomic E-state index is -4.74. The number of aromatic nitrogens is 2. The number of nitrogens with zero attached hydrogens (tertiary/aromatic N) is 2. The molecule has 0 atom stereocenters. The van der Waals surface area contributed by atoms with E-state index in [2.05, 4.69) is 9.84 Å². The van der Waals surface area contributed by atoms with Crippen LogP contribution in [0.2, 0.25) is 0 Å². The molecule has 0 aliphatic carbocycles. The Bertz CT molecular complexity index is 1050. The molecule has 0 bridgehead atoms. The van der Waals surface area contributed by atoms with Gasteiger partial charge in [0.15, 0.2) is 0 Å². The fraction of sp³-hybridized carbons (Fsp3) is 0.350. The average molecular weight is 404 g/mol. The number of hydrogen-bond acceptors (Lipinski definition) is 4. The van der Waals surface area contributed by atoms with Crippen LogP contribution in [-0.4, -0.2) is 34.3 Å². The Morgan fingerprint density at radius 2 is 1.69 bits per heavy atom. The maximum Gasteiger partial charge on any atom is 0.573 e. The minimum Gasteiger partial charge on any atom is -0.406 e. The number of hydrogen-bond donors (Lipinski definition) is 0. The Hall–Kier alpha value is -2.52. The first-order valence-electron chi connectivity index (χ1n) is 9.15. The van der Waals surface area contributed by atoms with E-state index in [0.29, 0.717) is 11.3 Å². The maximum atomic E-state index is 12.5. The van der Waals surface area contributed by atoms with Gasteiger partial charge in [0, 0.05) is 17.2 Å². The summed E-state index contributed by atoms with van der Waals surface area (Å²) in [4.78, 5) is 0. The van der Waals surface area contributed by atoms with Crippen molar-refractivity contribution in [1.29, 1.82) is 0 Å². The monoisotopic (exact) mass is 404 g/mol. The SMILES string of the molecule is CC1(C)OB(c2ccc3cc(-c4cccc(OC(F)(F)F)c4)nn3c2)OC1(C)C. The van der Waals surface area contributed by atoms with E-state index in [4.69, 9.17) is 9.31 Å². The number of fused-ring (bicyclic) bond motifs is 1. The van der Waals surface area contributed by atoms with E-state index in [1.165, 1.54) is 18.2 Å². The largest absolute Gasteiger partial charge is 0.573 e. The lowest BCUT2D eigenvalue weighted by Gasteiger charge is -2.32. The number of alkyl halides is 3. The van der Waals surface area contributed by atoms with E-state index < -0.39 is 24.7 Å². The van der Waals surface area contributed by atoms with Crippen molar-refractivity contribution in [2.75, 3.05) is 0 Å². The van der Waals surface area contributed by atoms with Crippen molar-refractivity contribution in [3.63, 3.8) is 0 Å². The molecule has 3 heterocycles. The Labute approximate surface area is 166 Å². The third kappa shape index (κ3) is 3.84. The molecular weight excluding hydrogens is 384 g/mol. The smallest absolute Gasteiger partial charge is 0.406 e. The van der Waals surface area contributed by atoms with Gasteiger partial charge in [-0.15, -0.1) is 13.2 Å². The van der Waals surface area contributed by atoms with Gasteiger partial charge < -0.3 is 14.0 Å². The molecule has 0 unspecified atom stereocenters. The third-order valence-electron chi connectivity index (χ3n) is 5.37. The van der Waals surface area contributed by atoms with Gasteiger partial charge in [-0.1, -0.05) is 18.2 Å². The van der Waals surface area contributed by atoms with Crippen molar-refractivity contribution < 1.29 is 27.2 Å². The fourth-order valence-electron chi connectivity index (χ4n) is 3.11. The van der Waals surface area contributed by atoms with Crippen LogP contribution < -0.4 is 10.2 Å². The van der Waals surface area contributed by atoms with Crippen molar-refractivity contribution in [3.8, 4) is 17.0 Å². The molecule has 2 aromatic heterocycles. The zero-order valence-electron chi connectivity index (χ0n) is 16.4. The summed E-state index contributed by atoms with van der Waals surface area (Å²) in [6.45, 7) is 7.92. The summed E-state index contributed by atoms with van der Waals surface area (Å²) in [5.74, 6) is -0.287. The van der Waals surface area contributed by atoms with Crippen LogP contribution in [0, 0.1) is 0 Å². The molecule has 1 aliphatic rings. The molecule has 4 rings (SSSR count). The minimum absolute atomic E-state index is 0.287. The van der Waals surface area contributed by atoms with Crippen LogP contribution in [0.3, 0.4) is 0 Å². The zero-order chi connectivity index (χ0) is 21.0. The van der Waals surface area contributed by atoms with Gasteiger partial charge in [-0.3, -0.25) is 0 Å². The molecule has 3 aromatic rings. The maximum absolute atomic E-state index is 12.5. The average Bonchev–Trinajstić information content (AvgIpc) is 3.11. The summed E-state index contributed by atoms with van der Waals surface area (Å²) in [6.07, 6.45) is -2.94. The molecule has 0 spiro atoms. The van der Waals surface area contributed by atoms with Gasteiger partial charge in [-0.2, -0.15) is 5.10 Å². The highest BCUT2D eigenvalue weighted by atomic mass is 19.4. The first-order valence-corrected chi connectivity index (χ1v) is 9.15. The summed E-state index contributed by atoms with van der Waals surface area (Å²) in [5.41, 5.74) is 1.74. The van der Waals surface area contributed by atoms with Crippen molar-refractivity contribution in [1.82, 2.24) is 9.61 Å². The van der Waals surface area contributed by atoms with Gasteiger partial charge in [0.05, 0.1) is 22.4 Å². The van der Waals surface area contributed by atoms with E-state index in [9.17, 15) is 13.2 Å². The molecule has 152 valence electrons. The van der Waals surface area contributed by atoms with Crippen LogP contribution in [-0.2, 0) is 9.31 Å². The molecule has 29 heavy (non-hydrogen) atoms. The Morgan fingerprint density at radius 1 is 1.00 bits per heavy atom. The molecule has 1 saturated heterocycles. The van der Waals surface area contributed by atoms with Crippen molar-refractivity contribution in [3.05, 3.63) is 48.7 Å². The van der Waals surface area contributed by atoms with E-state index in [1.54, 1.807) is 22.8 Å². The number of halogens is 3. The molecule has 5 nitrogen and oxygen atoms in total. The summed E-state index contributed by atoms with van der Waals surface area (Å²) in [5, 5.41) is 4.49. The Balaban J connectivity index is 1.64. The first kappa shape index (κ1) is 19.8. The summed E-state index contributed by atoms with van der Waals surface area (Å²) in [6, 6.07) is 11.3. The Kier molecular flexibility index (Phi) is 4.43. The molecule has 1 aliphatic heterocycles.